The number of aromatic nitrogens is 3. The number of carbonyl (C=O) groups is 1. The molecule has 0 spiro atoms. The standard InChI is InChI=1S/C11H11N5O/c1-9(17)14-16(10-5-3-2-4-6-10)11-7-8-12-15-13-11/h2-8H,1H3,(H,14,17). The Balaban J connectivity index is 2.36. The maximum atomic E-state index is 11.2. The number of hydrogen-bond acceptors (Lipinski definition) is 5. The van der Waals surface area contributed by atoms with E-state index < -0.39 is 0 Å². The summed E-state index contributed by atoms with van der Waals surface area (Å²) in [6, 6.07) is 11.0. The van der Waals surface area contributed by atoms with Crippen molar-refractivity contribution in [3.8, 4) is 0 Å². The van der Waals surface area contributed by atoms with Gasteiger partial charge in [0, 0.05) is 13.0 Å². The molecule has 0 fully saturated rings. The number of hydrogen-bond donors (Lipinski definition) is 1. The second kappa shape index (κ2) is 5.02. The zero-order chi connectivity index (χ0) is 12.1. The van der Waals surface area contributed by atoms with Crippen LogP contribution in [0, 0.1) is 0 Å². The summed E-state index contributed by atoms with van der Waals surface area (Å²) < 4.78 is 0. The zero-order valence-corrected chi connectivity index (χ0v) is 9.24. The van der Waals surface area contributed by atoms with Crippen LogP contribution in [0.2, 0.25) is 0 Å². The zero-order valence-electron chi connectivity index (χ0n) is 9.24. The third kappa shape index (κ3) is 2.75. The molecule has 0 bridgehead atoms. The van der Waals surface area contributed by atoms with E-state index in [2.05, 4.69) is 20.8 Å². The van der Waals surface area contributed by atoms with Crippen LogP contribution in [0.3, 0.4) is 0 Å². The van der Waals surface area contributed by atoms with E-state index in [1.807, 2.05) is 30.3 Å². The topological polar surface area (TPSA) is 71.0 Å². The molecule has 0 radical (unpaired) electrons. The van der Waals surface area contributed by atoms with Crippen LogP contribution in [0.1, 0.15) is 6.92 Å². The van der Waals surface area contributed by atoms with E-state index in [0.29, 0.717) is 5.82 Å². The summed E-state index contributed by atoms with van der Waals surface area (Å²) in [6.07, 6.45) is 1.51. The first-order valence-electron chi connectivity index (χ1n) is 5.04. The average Bonchev–Trinajstić information content (AvgIpc) is 2.38. The Hall–Kier alpha value is -2.50. The van der Waals surface area contributed by atoms with Gasteiger partial charge in [-0.05, 0) is 17.3 Å². The average molecular weight is 229 g/mol. The summed E-state index contributed by atoms with van der Waals surface area (Å²) in [5.41, 5.74) is 3.47. The van der Waals surface area contributed by atoms with Crippen LogP contribution in [0.25, 0.3) is 0 Å². The molecule has 2 rings (SSSR count). The molecule has 1 aromatic carbocycles. The number of carbonyl (C=O) groups excluding carboxylic acids is 1. The van der Waals surface area contributed by atoms with Crippen molar-refractivity contribution in [3.05, 3.63) is 42.6 Å². The molecular weight excluding hydrogens is 218 g/mol. The fraction of sp³-hybridized carbons (Fsp3) is 0.0909. The van der Waals surface area contributed by atoms with E-state index in [1.54, 1.807) is 11.1 Å². The van der Waals surface area contributed by atoms with Gasteiger partial charge in [0.15, 0.2) is 5.82 Å². The van der Waals surface area contributed by atoms with E-state index in [-0.39, 0.29) is 5.91 Å². The van der Waals surface area contributed by atoms with Gasteiger partial charge in [-0.25, -0.2) is 5.01 Å². The number of nitrogens with zero attached hydrogens (tertiary/aromatic N) is 4. The predicted octanol–water partition coefficient (Wildman–Crippen LogP) is 1.06. The molecule has 0 saturated heterocycles. The van der Waals surface area contributed by atoms with Gasteiger partial charge >= 0.3 is 0 Å². The second-order valence-corrected chi connectivity index (χ2v) is 3.32. The summed E-state index contributed by atoms with van der Waals surface area (Å²) >= 11 is 0. The van der Waals surface area contributed by atoms with Crippen LogP contribution in [0.15, 0.2) is 42.6 Å². The lowest BCUT2D eigenvalue weighted by Crippen LogP contribution is -2.38. The maximum Gasteiger partial charge on any atom is 0.235 e. The van der Waals surface area contributed by atoms with Crippen molar-refractivity contribution in [2.24, 2.45) is 0 Å². The quantitative estimate of drug-likeness (QED) is 0.797. The van der Waals surface area contributed by atoms with Gasteiger partial charge in [0.25, 0.3) is 0 Å². The van der Waals surface area contributed by atoms with E-state index in [4.69, 9.17) is 0 Å². The largest absolute Gasteiger partial charge is 0.274 e. The Labute approximate surface area is 98.3 Å². The summed E-state index contributed by atoms with van der Waals surface area (Å²) in [5, 5.41) is 12.6. The molecule has 17 heavy (non-hydrogen) atoms. The van der Waals surface area contributed by atoms with E-state index in [9.17, 15) is 4.79 Å². The highest BCUT2D eigenvalue weighted by Crippen LogP contribution is 2.19. The molecule has 0 aliphatic heterocycles. The van der Waals surface area contributed by atoms with E-state index in [0.717, 1.165) is 5.69 Å². The van der Waals surface area contributed by atoms with Gasteiger partial charge in [0.2, 0.25) is 5.91 Å². The molecule has 0 unspecified atom stereocenters. The van der Waals surface area contributed by atoms with Gasteiger partial charge in [0.1, 0.15) is 0 Å². The lowest BCUT2D eigenvalue weighted by Gasteiger charge is -2.22. The molecule has 6 nitrogen and oxygen atoms in total. The van der Waals surface area contributed by atoms with Crippen molar-refractivity contribution >= 4 is 17.4 Å². The van der Waals surface area contributed by atoms with Gasteiger partial charge in [0.05, 0.1) is 11.9 Å². The number of anilines is 2. The molecule has 0 aliphatic rings. The summed E-state index contributed by atoms with van der Waals surface area (Å²) in [6.45, 7) is 1.44. The van der Waals surface area contributed by atoms with Crippen molar-refractivity contribution < 1.29 is 4.79 Å². The van der Waals surface area contributed by atoms with E-state index in [1.165, 1.54) is 13.1 Å². The van der Waals surface area contributed by atoms with Crippen LogP contribution >= 0.6 is 0 Å². The molecular formula is C11H11N5O. The van der Waals surface area contributed by atoms with Crippen molar-refractivity contribution in [1.82, 2.24) is 20.8 Å². The van der Waals surface area contributed by atoms with Crippen molar-refractivity contribution in [2.75, 3.05) is 5.01 Å². The van der Waals surface area contributed by atoms with Gasteiger partial charge < -0.3 is 0 Å². The Morgan fingerprint density at radius 1 is 1.24 bits per heavy atom. The van der Waals surface area contributed by atoms with Crippen LogP contribution < -0.4 is 10.4 Å². The minimum Gasteiger partial charge on any atom is -0.274 e. The van der Waals surface area contributed by atoms with E-state index >= 15 is 0 Å². The van der Waals surface area contributed by atoms with Crippen LogP contribution in [0.4, 0.5) is 11.5 Å². The van der Waals surface area contributed by atoms with Crippen LogP contribution in [0.5, 0.6) is 0 Å². The Kier molecular flexibility index (Phi) is 3.25. The lowest BCUT2D eigenvalue weighted by molar-refractivity contribution is -0.118. The molecule has 0 aliphatic carbocycles. The number of para-hydroxylation sites is 1. The highest BCUT2D eigenvalue weighted by molar-refractivity contribution is 5.77. The monoisotopic (exact) mass is 229 g/mol. The van der Waals surface area contributed by atoms with Gasteiger partial charge in [-0.1, -0.05) is 18.2 Å². The van der Waals surface area contributed by atoms with Crippen molar-refractivity contribution in [2.45, 2.75) is 6.92 Å². The van der Waals surface area contributed by atoms with Gasteiger partial charge in [-0.3, -0.25) is 10.2 Å². The normalized spacial score (nSPS) is 9.71. The number of nitrogens with one attached hydrogen (secondary N) is 1. The molecule has 1 aromatic heterocycles. The Bertz CT molecular complexity index is 448. The highest BCUT2D eigenvalue weighted by Gasteiger charge is 2.11. The third-order valence-electron chi connectivity index (χ3n) is 2.00. The highest BCUT2D eigenvalue weighted by atomic mass is 16.2. The summed E-state index contributed by atoms with van der Waals surface area (Å²) in [5.74, 6) is 0.314. The Morgan fingerprint density at radius 3 is 2.59 bits per heavy atom. The first-order valence-corrected chi connectivity index (χ1v) is 5.04. The number of amides is 1. The summed E-state index contributed by atoms with van der Waals surface area (Å²) in [4.78, 5) is 11.2. The van der Waals surface area contributed by atoms with Crippen LogP contribution in [-0.4, -0.2) is 21.3 Å². The number of benzene rings is 1. The number of hydrazine groups is 1. The molecule has 1 amide bonds. The minimum atomic E-state index is -0.188. The van der Waals surface area contributed by atoms with Crippen LogP contribution in [-0.2, 0) is 4.79 Å². The fourth-order valence-electron chi connectivity index (χ4n) is 1.34. The molecule has 2 aromatic rings. The second-order valence-electron chi connectivity index (χ2n) is 3.32. The molecule has 86 valence electrons. The van der Waals surface area contributed by atoms with Gasteiger partial charge in [-0.15, -0.1) is 10.2 Å². The van der Waals surface area contributed by atoms with Crippen molar-refractivity contribution in [1.29, 1.82) is 0 Å². The first-order chi connectivity index (χ1) is 8.27. The van der Waals surface area contributed by atoms with Gasteiger partial charge in [-0.2, -0.15) is 0 Å². The SMILES string of the molecule is CC(=O)NN(c1ccccc1)c1ccnnn1. The minimum absolute atomic E-state index is 0.188. The molecule has 0 atom stereocenters. The predicted molar refractivity (Wildman–Crippen MR) is 62.2 cm³/mol. The molecule has 1 heterocycles. The lowest BCUT2D eigenvalue weighted by atomic mass is 10.3. The third-order valence-corrected chi connectivity index (χ3v) is 2.00. The van der Waals surface area contributed by atoms with Crippen molar-refractivity contribution in [3.63, 3.8) is 0 Å². The maximum absolute atomic E-state index is 11.2. The molecule has 0 saturated carbocycles. The molecule has 1 N–H and O–H groups in total. The fourth-order valence-corrected chi connectivity index (χ4v) is 1.34. The first kappa shape index (κ1) is 11.0. The number of rotatable bonds is 3. The molecule has 6 heteroatoms. The summed E-state index contributed by atoms with van der Waals surface area (Å²) in [7, 11) is 0. The Morgan fingerprint density at radius 2 is 2.00 bits per heavy atom. The smallest absolute Gasteiger partial charge is 0.235 e.